The zero-order valence-corrected chi connectivity index (χ0v) is 13.9. The van der Waals surface area contributed by atoms with E-state index in [2.05, 4.69) is 20.2 Å². The number of carbonyl (C=O) groups excluding carboxylic acids is 1. The van der Waals surface area contributed by atoms with Crippen LogP contribution >= 0.6 is 0 Å². The van der Waals surface area contributed by atoms with Crippen molar-refractivity contribution < 1.29 is 9.53 Å². The van der Waals surface area contributed by atoms with Gasteiger partial charge < -0.3 is 15.0 Å². The van der Waals surface area contributed by atoms with Crippen LogP contribution in [0.3, 0.4) is 0 Å². The molecule has 24 heavy (non-hydrogen) atoms. The number of nitrogens with one attached hydrogen (secondary N) is 1. The molecule has 0 radical (unpaired) electrons. The van der Waals surface area contributed by atoms with Crippen molar-refractivity contribution in [1.29, 1.82) is 0 Å². The van der Waals surface area contributed by atoms with Gasteiger partial charge in [-0.3, -0.25) is 4.79 Å². The lowest BCUT2D eigenvalue weighted by Crippen LogP contribution is -2.31. The average molecular weight is 326 g/mol. The van der Waals surface area contributed by atoms with Gasteiger partial charge in [-0.2, -0.15) is 0 Å². The number of rotatable bonds is 5. The molecule has 0 aliphatic carbocycles. The Kier molecular flexibility index (Phi) is 5.25. The molecule has 1 amide bonds. The lowest BCUT2D eigenvalue weighted by molar-refractivity contribution is -0.118. The molecule has 0 saturated carbocycles. The predicted molar refractivity (Wildman–Crippen MR) is 93.4 cm³/mol. The number of nitrogens with zero attached hydrogens (tertiary/aromatic N) is 3. The summed E-state index contributed by atoms with van der Waals surface area (Å²) in [6.45, 7) is 3.93. The monoisotopic (exact) mass is 326 g/mol. The number of hydrogen-bond acceptors (Lipinski definition) is 5. The molecule has 2 aromatic rings. The van der Waals surface area contributed by atoms with E-state index in [0.717, 1.165) is 24.6 Å². The number of benzene rings is 1. The van der Waals surface area contributed by atoms with Crippen LogP contribution in [0.1, 0.15) is 24.8 Å². The van der Waals surface area contributed by atoms with Gasteiger partial charge in [0.15, 0.2) is 6.61 Å². The van der Waals surface area contributed by atoms with Gasteiger partial charge in [-0.05, 0) is 43.9 Å². The highest BCUT2D eigenvalue weighted by molar-refractivity contribution is 5.91. The van der Waals surface area contributed by atoms with Gasteiger partial charge in [0.1, 0.15) is 5.75 Å². The van der Waals surface area contributed by atoms with E-state index in [-0.39, 0.29) is 12.5 Å². The summed E-state index contributed by atoms with van der Waals surface area (Å²) in [7, 11) is 0. The van der Waals surface area contributed by atoms with Crippen molar-refractivity contribution in [2.45, 2.75) is 26.2 Å². The van der Waals surface area contributed by atoms with Crippen LogP contribution in [0.4, 0.5) is 11.6 Å². The predicted octanol–water partition coefficient (Wildman–Crippen LogP) is 2.79. The standard InChI is InChI=1S/C18H22N4O2/c1-14-6-5-7-16(10-14)24-13-17(23)21-15-11-19-18(20-12-15)22-8-3-2-4-9-22/h5-7,10-12H,2-4,8-9,13H2,1H3,(H,21,23). The molecule has 1 aromatic heterocycles. The van der Waals surface area contributed by atoms with Crippen LogP contribution in [-0.4, -0.2) is 35.6 Å². The van der Waals surface area contributed by atoms with Crippen molar-refractivity contribution in [1.82, 2.24) is 9.97 Å². The first-order chi connectivity index (χ1) is 11.7. The summed E-state index contributed by atoms with van der Waals surface area (Å²) in [5, 5.41) is 2.75. The Labute approximate surface area is 141 Å². The van der Waals surface area contributed by atoms with Crippen LogP contribution in [0.2, 0.25) is 0 Å². The van der Waals surface area contributed by atoms with Crippen molar-refractivity contribution in [3.8, 4) is 5.75 Å². The van der Waals surface area contributed by atoms with E-state index >= 15 is 0 Å². The van der Waals surface area contributed by atoms with Gasteiger partial charge >= 0.3 is 0 Å². The van der Waals surface area contributed by atoms with E-state index in [9.17, 15) is 4.79 Å². The highest BCUT2D eigenvalue weighted by Crippen LogP contribution is 2.16. The molecule has 1 saturated heterocycles. The molecule has 1 aromatic carbocycles. The topological polar surface area (TPSA) is 67.3 Å². The Balaban J connectivity index is 1.50. The number of piperidine rings is 1. The smallest absolute Gasteiger partial charge is 0.262 e. The summed E-state index contributed by atoms with van der Waals surface area (Å²) < 4.78 is 5.48. The number of carbonyl (C=O) groups is 1. The van der Waals surface area contributed by atoms with Crippen LogP contribution in [0.5, 0.6) is 5.75 Å². The largest absolute Gasteiger partial charge is 0.484 e. The molecule has 3 rings (SSSR count). The third-order valence-corrected chi connectivity index (χ3v) is 3.92. The fraction of sp³-hybridized carbons (Fsp3) is 0.389. The van der Waals surface area contributed by atoms with E-state index in [4.69, 9.17) is 4.74 Å². The molecule has 126 valence electrons. The van der Waals surface area contributed by atoms with Gasteiger partial charge in [0.25, 0.3) is 5.91 Å². The summed E-state index contributed by atoms with van der Waals surface area (Å²) in [6.07, 6.45) is 6.91. The number of aryl methyl sites for hydroxylation is 1. The van der Waals surface area contributed by atoms with Crippen molar-refractivity contribution in [2.75, 3.05) is 29.9 Å². The lowest BCUT2D eigenvalue weighted by atomic mass is 10.1. The molecule has 1 aliphatic rings. The number of aromatic nitrogens is 2. The second-order valence-corrected chi connectivity index (χ2v) is 5.97. The van der Waals surface area contributed by atoms with Crippen molar-refractivity contribution in [3.63, 3.8) is 0 Å². The van der Waals surface area contributed by atoms with E-state index in [1.165, 1.54) is 19.3 Å². The maximum atomic E-state index is 12.0. The summed E-state index contributed by atoms with van der Waals surface area (Å²) >= 11 is 0. The van der Waals surface area contributed by atoms with Gasteiger partial charge in [-0.25, -0.2) is 9.97 Å². The van der Waals surface area contributed by atoms with Crippen molar-refractivity contribution in [3.05, 3.63) is 42.2 Å². The van der Waals surface area contributed by atoms with Crippen LogP contribution in [0.25, 0.3) is 0 Å². The third-order valence-electron chi connectivity index (χ3n) is 3.92. The molecule has 0 bridgehead atoms. The first-order valence-corrected chi connectivity index (χ1v) is 8.27. The summed E-state index contributed by atoms with van der Waals surface area (Å²) in [6, 6.07) is 7.60. The second kappa shape index (κ2) is 7.77. The Morgan fingerprint density at radius 3 is 2.67 bits per heavy atom. The number of amides is 1. The minimum Gasteiger partial charge on any atom is -0.484 e. The lowest BCUT2D eigenvalue weighted by Gasteiger charge is -2.26. The fourth-order valence-electron chi connectivity index (χ4n) is 2.69. The SMILES string of the molecule is Cc1cccc(OCC(=O)Nc2cnc(N3CCCCC3)nc2)c1. The molecule has 1 N–H and O–H groups in total. The van der Waals surface area contributed by atoms with E-state index < -0.39 is 0 Å². The summed E-state index contributed by atoms with van der Waals surface area (Å²) in [5.41, 5.74) is 1.67. The maximum absolute atomic E-state index is 12.0. The Morgan fingerprint density at radius 2 is 1.96 bits per heavy atom. The molecule has 2 heterocycles. The van der Waals surface area contributed by atoms with Crippen LogP contribution in [-0.2, 0) is 4.79 Å². The highest BCUT2D eigenvalue weighted by Gasteiger charge is 2.13. The third kappa shape index (κ3) is 4.44. The zero-order chi connectivity index (χ0) is 16.8. The van der Waals surface area contributed by atoms with Gasteiger partial charge in [0.2, 0.25) is 5.95 Å². The van der Waals surface area contributed by atoms with Crippen molar-refractivity contribution in [2.24, 2.45) is 0 Å². The molecule has 0 unspecified atom stereocenters. The molecule has 6 heteroatoms. The Bertz CT molecular complexity index is 682. The van der Waals surface area contributed by atoms with Crippen LogP contribution < -0.4 is 15.0 Å². The van der Waals surface area contributed by atoms with Gasteiger partial charge in [0.05, 0.1) is 18.1 Å². The van der Waals surface area contributed by atoms with Gasteiger partial charge in [-0.1, -0.05) is 12.1 Å². The van der Waals surface area contributed by atoms with E-state index in [0.29, 0.717) is 11.4 Å². The summed E-state index contributed by atoms with van der Waals surface area (Å²) in [5.74, 6) is 1.18. The molecule has 6 nitrogen and oxygen atoms in total. The molecule has 0 spiro atoms. The molecular formula is C18H22N4O2. The first kappa shape index (κ1) is 16.2. The first-order valence-electron chi connectivity index (χ1n) is 8.27. The number of ether oxygens (including phenoxy) is 1. The highest BCUT2D eigenvalue weighted by atomic mass is 16.5. The number of anilines is 2. The maximum Gasteiger partial charge on any atom is 0.262 e. The van der Waals surface area contributed by atoms with E-state index in [1.807, 2.05) is 31.2 Å². The minimum absolute atomic E-state index is 0.0443. The Morgan fingerprint density at radius 1 is 1.21 bits per heavy atom. The van der Waals surface area contributed by atoms with Crippen LogP contribution in [0.15, 0.2) is 36.7 Å². The average Bonchev–Trinajstić information content (AvgIpc) is 2.61. The normalized spacial score (nSPS) is 14.3. The zero-order valence-electron chi connectivity index (χ0n) is 13.9. The van der Waals surface area contributed by atoms with Crippen molar-refractivity contribution >= 4 is 17.5 Å². The van der Waals surface area contributed by atoms with Crippen LogP contribution in [0, 0.1) is 6.92 Å². The minimum atomic E-state index is -0.231. The molecular weight excluding hydrogens is 304 g/mol. The van der Waals surface area contributed by atoms with E-state index in [1.54, 1.807) is 12.4 Å². The Hall–Kier alpha value is -2.63. The molecule has 1 fully saturated rings. The second-order valence-electron chi connectivity index (χ2n) is 5.97. The molecule has 0 atom stereocenters. The quantitative estimate of drug-likeness (QED) is 0.915. The van der Waals surface area contributed by atoms with Gasteiger partial charge in [-0.15, -0.1) is 0 Å². The fourth-order valence-corrected chi connectivity index (χ4v) is 2.69. The summed E-state index contributed by atoms with van der Waals surface area (Å²) in [4.78, 5) is 22.8. The molecule has 1 aliphatic heterocycles. The van der Waals surface area contributed by atoms with Gasteiger partial charge in [0, 0.05) is 13.1 Å². The number of hydrogen-bond donors (Lipinski definition) is 1.